The Morgan fingerprint density at radius 2 is 1.81 bits per heavy atom. The summed E-state index contributed by atoms with van der Waals surface area (Å²) in [5.74, 6) is -0.349. The second-order valence-corrected chi connectivity index (χ2v) is 8.70. The molecule has 190 valence electrons. The Balaban J connectivity index is 1.53. The molecule has 1 aliphatic carbocycles. The third kappa shape index (κ3) is 5.70. The fraction of sp³-hybridized carbons (Fsp3) is 0.304. The van der Waals surface area contributed by atoms with Gasteiger partial charge in [0.25, 0.3) is 0 Å². The van der Waals surface area contributed by atoms with Crippen molar-refractivity contribution in [3.8, 4) is 11.4 Å². The van der Waals surface area contributed by atoms with Crippen LogP contribution < -0.4 is 16.3 Å². The lowest BCUT2D eigenvalue weighted by Crippen LogP contribution is -2.40. The number of carbonyl (C=O) groups excluding carboxylic acids is 1. The van der Waals surface area contributed by atoms with E-state index in [2.05, 4.69) is 10.4 Å². The predicted octanol–water partition coefficient (Wildman–Crippen LogP) is 3.84. The van der Waals surface area contributed by atoms with E-state index in [0.717, 1.165) is 29.7 Å². The lowest BCUT2D eigenvalue weighted by Gasteiger charge is -2.22. The quantitative estimate of drug-likeness (QED) is 0.414. The Hall–Kier alpha value is -3.80. The van der Waals surface area contributed by atoms with Crippen molar-refractivity contribution in [1.29, 1.82) is 0 Å². The van der Waals surface area contributed by atoms with Gasteiger partial charge in [-0.2, -0.15) is 13.2 Å². The molecule has 13 heteroatoms. The maximum absolute atomic E-state index is 13.4. The maximum Gasteiger partial charge on any atom is 0.416 e. The average Bonchev–Trinajstić information content (AvgIpc) is 3.60. The van der Waals surface area contributed by atoms with Gasteiger partial charge in [-0.15, -0.1) is 5.10 Å². The largest absolute Gasteiger partial charge is 0.465 e. The third-order valence-electron chi connectivity index (χ3n) is 5.62. The van der Waals surface area contributed by atoms with E-state index in [1.165, 1.54) is 16.7 Å². The lowest BCUT2D eigenvalue weighted by molar-refractivity contribution is -0.138. The summed E-state index contributed by atoms with van der Waals surface area (Å²) in [6.07, 6.45) is -4.70. The topological polar surface area (TPSA) is 118 Å². The summed E-state index contributed by atoms with van der Waals surface area (Å²) in [5.41, 5.74) is -1.23. The van der Waals surface area contributed by atoms with E-state index in [4.69, 9.17) is 16.7 Å². The predicted molar refractivity (Wildman–Crippen MR) is 124 cm³/mol. The van der Waals surface area contributed by atoms with Crippen LogP contribution in [0, 0.1) is 0 Å². The number of aromatic nitrogens is 3. The van der Waals surface area contributed by atoms with Gasteiger partial charge in [0.1, 0.15) is 6.54 Å². The van der Waals surface area contributed by atoms with Crippen LogP contribution in [0.25, 0.3) is 11.4 Å². The molecule has 2 amide bonds. The van der Waals surface area contributed by atoms with Crippen LogP contribution >= 0.6 is 11.6 Å². The molecule has 1 heterocycles. The molecule has 3 aromatic rings. The molecule has 1 saturated carbocycles. The number of benzene rings is 2. The highest BCUT2D eigenvalue weighted by atomic mass is 35.5. The van der Waals surface area contributed by atoms with Crippen LogP contribution in [-0.2, 0) is 17.5 Å². The highest BCUT2D eigenvalue weighted by molar-refractivity contribution is 6.30. The van der Waals surface area contributed by atoms with Gasteiger partial charge in [-0.25, -0.2) is 14.3 Å². The van der Waals surface area contributed by atoms with E-state index in [-0.39, 0.29) is 11.6 Å². The van der Waals surface area contributed by atoms with E-state index >= 15 is 0 Å². The zero-order chi connectivity index (χ0) is 26.0. The number of halogens is 4. The van der Waals surface area contributed by atoms with Gasteiger partial charge in [0, 0.05) is 23.2 Å². The van der Waals surface area contributed by atoms with E-state index in [1.54, 1.807) is 24.3 Å². The number of alkyl halides is 3. The Labute approximate surface area is 207 Å². The first-order valence-electron chi connectivity index (χ1n) is 10.9. The molecule has 4 rings (SSSR count). The number of amides is 2. The Bertz CT molecular complexity index is 1330. The number of hydrogen-bond acceptors (Lipinski definition) is 4. The van der Waals surface area contributed by atoms with Crippen LogP contribution in [0.2, 0.25) is 5.02 Å². The molecular formula is C23H21ClF3N5O4. The van der Waals surface area contributed by atoms with E-state index in [0.29, 0.717) is 16.4 Å². The van der Waals surface area contributed by atoms with Crippen molar-refractivity contribution in [2.75, 3.05) is 6.54 Å². The molecule has 0 bridgehead atoms. The summed E-state index contributed by atoms with van der Waals surface area (Å²) in [4.78, 5) is 36.8. The van der Waals surface area contributed by atoms with Gasteiger partial charge in [0.05, 0.1) is 11.6 Å². The second kappa shape index (κ2) is 10.1. The first kappa shape index (κ1) is 25.3. The Morgan fingerprint density at radius 1 is 1.14 bits per heavy atom. The average molecular weight is 524 g/mol. The van der Waals surface area contributed by atoms with Crippen molar-refractivity contribution in [2.24, 2.45) is 0 Å². The molecule has 1 aliphatic rings. The van der Waals surface area contributed by atoms with Gasteiger partial charge in [0.2, 0.25) is 5.91 Å². The number of hydrogen-bond donors (Lipinski definition) is 3. The van der Waals surface area contributed by atoms with Crippen LogP contribution in [0.1, 0.15) is 36.1 Å². The fourth-order valence-corrected chi connectivity index (χ4v) is 3.96. The molecule has 0 aliphatic heterocycles. The molecule has 3 N–H and O–H groups in total. The van der Waals surface area contributed by atoms with Crippen LogP contribution in [0.15, 0.2) is 53.3 Å². The van der Waals surface area contributed by atoms with Crippen LogP contribution in [0.5, 0.6) is 0 Å². The summed E-state index contributed by atoms with van der Waals surface area (Å²) in [6.45, 7) is -0.972. The van der Waals surface area contributed by atoms with Crippen molar-refractivity contribution < 1.29 is 27.9 Å². The molecule has 0 saturated heterocycles. The summed E-state index contributed by atoms with van der Waals surface area (Å²) >= 11 is 5.94. The molecule has 1 aromatic heterocycles. The summed E-state index contributed by atoms with van der Waals surface area (Å²) < 4.78 is 42.8. The Kier molecular flexibility index (Phi) is 7.07. The van der Waals surface area contributed by atoms with E-state index < -0.39 is 48.6 Å². The molecule has 0 radical (unpaired) electrons. The van der Waals surface area contributed by atoms with Gasteiger partial charge < -0.3 is 15.7 Å². The molecule has 36 heavy (non-hydrogen) atoms. The highest BCUT2D eigenvalue weighted by Crippen LogP contribution is 2.37. The fourth-order valence-electron chi connectivity index (χ4n) is 3.84. The molecular weight excluding hydrogens is 503 g/mol. The molecule has 0 spiro atoms. The van der Waals surface area contributed by atoms with Gasteiger partial charge in [-0.3, -0.25) is 9.36 Å². The van der Waals surface area contributed by atoms with Crippen LogP contribution in [0.3, 0.4) is 0 Å². The van der Waals surface area contributed by atoms with Crippen molar-refractivity contribution in [1.82, 2.24) is 25.0 Å². The lowest BCUT2D eigenvalue weighted by atomic mass is 9.99. The monoisotopic (exact) mass is 523 g/mol. The van der Waals surface area contributed by atoms with Gasteiger partial charge in [0.15, 0.2) is 5.82 Å². The summed E-state index contributed by atoms with van der Waals surface area (Å²) in [6, 6.07) is 9.78. The number of rotatable bonds is 8. The third-order valence-corrected chi connectivity index (χ3v) is 5.87. The van der Waals surface area contributed by atoms with E-state index in [9.17, 15) is 27.6 Å². The smallest absolute Gasteiger partial charge is 0.416 e. The number of carbonyl (C=O) groups is 2. The van der Waals surface area contributed by atoms with Gasteiger partial charge in [-0.1, -0.05) is 29.8 Å². The summed E-state index contributed by atoms with van der Waals surface area (Å²) in [7, 11) is 0. The zero-order valence-electron chi connectivity index (χ0n) is 18.6. The Morgan fingerprint density at radius 3 is 2.42 bits per heavy atom. The molecule has 2 aromatic carbocycles. The van der Waals surface area contributed by atoms with Crippen molar-refractivity contribution in [3.05, 3.63) is 75.2 Å². The minimum atomic E-state index is -4.72. The van der Waals surface area contributed by atoms with Crippen molar-refractivity contribution in [2.45, 2.75) is 37.6 Å². The minimum absolute atomic E-state index is 0.0389. The highest BCUT2D eigenvalue weighted by Gasteiger charge is 2.35. The SMILES string of the molecule is O=C(O)NC(CNC(=O)Cn1nc(-c2ccc(Cl)cc2)n(C2CC2)c1=O)c1ccccc1C(F)(F)F. The summed E-state index contributed by atoms with van der Waals surface area (Å²) in [5, 5.41) is 18.3. The maximum atomic E-state index is 13.4. The zero-order valence-corrected chi connectivity index (χ0v) is 19.4. The number of nitrogens with one attached hydrogen (secondary N) is 2. The van der Waals surface area contributed by atoms with Gasteiger partial charge in [-0.05, 0) is 48.7 Å². The van der Waals surface area contributed by atoms with Crippen molar-refractivity contribution in [3.63, 3.8) is 0 Å². The van der Waals surface area contributed by atoms with E-state index in [1.807, 2.05) is 5.32 Å². The number of nitrogens with zero attached hydrogens (tertiary/aromatic N) is 3. The van der Waals surface area contributed by atoms with Crippen molar-refractivity contribution >= 4 is 23.6 Å². The van der Waals surface area contributed by atoms with Crippen LogP contribution in [-0.4, -0.2) is 38.0 Å². The van der Waals surface area contributed by atoms with Gasteiger partial charge >= 0.3 is 18.0 Å². The number of carboxylic acid groups (broad SMARTS) is 1. The molecule has 1 unspecified atom stereocenters. The second-order valence-electron chi connectivity index (χ2n) is 8.26. The molecule has 1 atom stereocenters. The van der Waals surface area contributed by atoms with Crippen LogP contribution in [0.4, 0.5) is 18.0 Å². The standard InChI is InChI=1S/C23H21ClF3N5O4/c24-14-7-5-13(6-8-14)20-30-31(22(36)32(20)15-9-10-15)12-19(33)28-11-18(29-21(34)35)16-3-1-2-4-17(16)23(25,26)27/h1-8,15,18,29H,9-12H2,(H,28,33)(H,34,35). The molecule has 9 nitrogen and oxygen atoms in total. The first-order valence-corrected chi connectivity index (χ1v) is 11.3. The molecule has 1 fully saturated rings. The minimum Gasteiger partial charge on any atom is -0.465 e. The first-order chi connectivity index (χ1) is 17.0. The normalized spacial score (nSPS) is 14.3.